The van der Waals surface area contributed by atoms with Crippen LogP contribution < -0.4 is 10.6 Å². The van der Waals surface area contributed by atoms with Crippen molar-refractivity contribution in [1.29, 1.82) is 5.26 Å². The van der Waals surface area contributed by atoms with Gasteiger partial charge in [-0.15, -0.1) is 10.2 Å². The number of carbonyl (C=O) groups is 1. The monoisotopic (exact) mass is 596 g/mol. The first-order valence-corrected chi connectivity index (χ1v) is 13.1. The van der Waals surface area contributed by atoms with Gasteiger partial charge in [-0.2, -0.15) is 18.4 Å². The van der Waals surface area contributed by atoms with E-state index in [1.165, 1.54) is 17.9 Å². The number of benzene rings is 2. The van der Waals surface area contributed by atoms with Crippen molar-refractivity contribution in [2.24, 2.45) is 5.73 Å². The molecule has 0 spiro atoms. The highest BCUT2D eigenvalue weighted by molar-refractivity contribution is 5.99. The summed E-state index contributed by atoms with van der Waals surface area (Å²) in [5, 5.41) is 17.1. The topological polar surface area (TPSA) is 122 Å². The van der Waals surface area contributed by atoms with Crippen LogP contribution in [0.25, 0.3) is 22.7 Å². The van der Waals surface area contributed by atoms with Crippen LogP contribution in [0.4, 0.5) is 27.6 Å². The largest absolute Gasteiger partial charge is 0.419 e. The maximum Gasteiger partial charge on any atom is 0.416 e. The van der Waals surface area contributed by atoms with Gasteiger partial charge in [0, 0.05) is 23.7 Å². The second-order valence-corrected chi connectivity index (χ2v) is 11.1. The summed E-state index contributed by atoms with van der Waals surface area (Å²) in [7, 11) is 0. The van der Waals surface area contributed by atoms with E-state index >= 15 is 8.78 Å². The summed E-state index contributed by atoms with van der Waals surface area (Å²) in [5.74, 6) is -1.83. The number of nitrogens with two attached hydrogens (primary N) is 1. The quantitative estimate of drug-likeness (QED) is 0.272. The number of anilines is 1. The lowest BCUT2D eigenvalue weighted by Crippen LogP contribution is -2.43. The lowest BCUT2D eigenvalue weighted by molar-refractivity contribution is -0.137. The van der Waals surface area contributed by atoms with E-state index in [4.69, 9.17) is 10.2 Å². The predicted molar refractivity (Wildman–Crippen MR) is 145 cm³/mol. The molecule has 0 unspecified atom stereocenters. The van der Waals surface area contributed by atoms with E-state index in [9.17, 15) is 23.2 Å². The van der Waals surface area contributed by atoms with Crippen molar-refractivity contribution in [3.05, 3.63) is 83.1 Å². The summed E-state index contributed by atoms with van der Waals surface area (Å²) < 4.78 is 76.4. The van der Waals surface area contributed by atoms with Gasteiger partial charge in [-0.25, -0.2) is 8.78 Å². The number of aromatic nitrogens is 3. The van der Waals surface area contributed by atoms with Crippen molar-refractivity contribution < 1.29 is 31.2 Å². The summed E-state index contributed by atoms with van der Waals surface area (Å²) in [6, 6.07) is 11.0. The fourth-order valence-electron chi connectivity index (χ4n) is 4.82. The molecule has 2 N–H and O–H groups in total. The summed E-state index contributed by atoms with van der Waals surface area (Å²) in [5.41, 5.74) is 2.65. The molecule has 0 aliphatic carbocycles. The number of hydrogen-bond acceptors (Lipinski definition) is 7. The minimum atomic E-state index is -4.53. The number of pyridine rings is 1. The molecular weight excluding hydrogens is 571 g/mol. The molecule has 43 heavy (non-hydrogen) atoms. The summed E-state index contributed by atoms with van der Waals surface area (Å²) >= 11 is 0. The van der Waals surface area contributed by atoms with Crippen LogP contribution in [-0.2, 0) is 28.6 Å². The fraction of sp³-hybridized carbons (Fsp3) is 0.300. The smallest absolute Gasteiger partial charge is 0.416 e. The van der Waals surface area contributed by atoms with Crippen molar-refractivity contribution >= 4 is 11.6 Å². The normalized spacial score (nSPS) is 19.1. The van der Waals surface area contributed by atoms with Gasteiger partial charge in [0.2, 0.25) is 11.8 Å². The number of nitriles is 1. The van der Waals surface area contributed by atoms with E-state index in [0.29, 0.717) is 11.1 Å². The third-order valence-corrected chi connectivity index (χ3v) is 7.27. The standard InChI is InChI=1S/C30H25F5N6O2/c1-28(2,15-36)27-40-39-25(43-27)19-11-24-20(12-21(19)31)29(3,32)13-22(37)26(42)41(24)14-16-4-6-17(7-5-16)23-10-18(8-9-38-23)30(33,34)35/h4-12,22H,13-14,37H2,1-3H3/t22-,29+/m0/s1. The van der Waals surface area contributed by atoms with Crippen LogP contribution in [0.5, 0.6) is 0 Å². The number of halogens is 5. The van der Waals surface area contributed by atoms with E-state index < -0.39 is 47.0 Å². The highest BCUT2D eigenvalue weighted by atomic mass is 19.4. The van der Waals surface area contributed by atoms with E-state index in [0.717, 1.165) is 24.4 Å². The van der Waals surface area contributed by atoms with Gasteiger partial charge in [0.25, 0.3) is 5.89 Å². The molecule has 8 nitrogen and oxygen atoms in total. The first kappa shape index (κ1) is 29.8. The molecule has 5 rings (SSSR count). The highest BCUT2D eigenvalue weighted by Gasteiger charge is 2.42. The van der Waals surface area contributed by atoms with Crippen molar-refractivity contribution in [2.45, 2.75) is 57.0 Å². The third kappa shape index (κ3) is 5.70. The molecular formula is C30H25F5N6O2. The van der Waals surface area contributed by atoms with E-state index in [1.54, 1.807) is 38.1 Å². The van der Waals surface area contributed by atoms with Crippen LogP contribution in [0.1, 0.15) is 49.8 Å². The Balaban J connectivity index is 1.54. The van der Waals surface area contributed by atoms with Gasteiger partial charge in [0.15, 0.2) is 0 Å². The molecule has 0 saturated carbocycles. The van der Waals surface area contributed by atoms with E-state index in [2.05, 4.69) is 15.2 Å². The van der Waals surface area contributed by atoms with Gasteiger partial charge in [-0.1, -0.05) is 24.3 Å². The Morgan fingerprint density at radius 1 is 1.14 bits per heavy atom. The zero-order chi connectivity index (χ0) is 31.3. The molecule has 1 aliphatic heterocycles. The molecule has 1 amide bonds. The minimum Gasteiger partial charge on any atom is -0.419 e. The molecule has 0 bridgehead atoms. The molecule has 2 atom stereocenters. The maximum absolute atomic E-state index is 15.9. The van der Waals surface area contributed by atoms with Gasteiger partial charge in [-0.3, -0.25) is 9.78 Å². The molecule has 3 heterocycles. The number of amides is 1. The molecule has 2 aromatic carbocycles. The Morgan fingerprint density at radius 2 is 1.84 bits per heavy atom. The number of carbonyl (C=O) groups excluding carboxylic acids is 1. The van der Waals surface area contributed by atoms with Gasteiger partial charge in [0.1, 0.15) is 16.9 Å². The second kappa shape index (κ2) is 10.5. The number of rotatable bonds is 5. The van der Waals surface area contributed by atoms with Crippen molar-refractivity contribution in [3.63, 3.8) is 0 Å². The average molecular weight is 597 g/mol. The van der Waals surface area contributed by atoms with Crippen LogP contribution >= 0.6 is 0 Å². The SMILES string of the molecule is CC(C)(C#N)c1nnc(-c2cc3c(cc2F)[C@](C)(F)C[C@H](N)C(=O)N3Cc2ccc(-c3cc(C(F)(F)F)ccn3)cc2)o1. The Morgan fingerprint density at radius 3 is 2.49 bits per heavy atom. The first-order chi connectivity index (χ1) is 20.1. The minimum absolute atomic E-state index is 0.0299. The molecule has 0 saturated heterocycles. The predicted octanol–water partition coefficient (Wildman–Crippen LogP) is 6.21. The Labute approximate surface area is 243 Å². The summed E-state index contributed by atoms with van der Waals surface area (Å²) in [4.78, 5) is 18.7. The van der Waals surface area contributed by atoms with Gasteiger partial charge < -0.3 is 15.1 Å². The van der Waals surface area contributed by atoms with Crippen LogP contribution in [0.15, 0.2) is 59.1 Å². The summed E-state index contributed by atoms with van der Waals surface area (Å²) in [6.07, 6.45) is -3.87. The molecule has 1 aliphatic rings. The van der Waals surface area contributed by atoms with Crippen LogP contribution in [-0.4, -0.2) is 27.1 Å². The van der Waals surface area contributed by atoms with Gasteiger partial charge in [0.05, 0.1) is 41.2 Å². The first-order valence-electron chi connectivity index (χ1n) is 13.1. The lowest BCUT2D eigenvalue weighted by Gasteiger charge is -2.26. The summed E-state index contributed by atoms with van der Waals surface area (Å²) in [6.45, 7) is 4.18. The number of fused-ring (bicyclic) bond motifs is 1. The fourth-order valence-corrected chi connectivity index (χ4v) is 4.82. The van der Waals surface area contributed by atoms with Crippen LogP contribution in [0.2, 0.25) is 0 Å². The van der Waals surface area contributed by atoms with Crippen LogP contribution in [0.3, 0.4) is 0 Å². The van der Waals surface area contributed by atoms with E-state index in [1.807, 2.05) is 6.07 Å². The van der Waals surface area contributed by atoms with Crippen LogP contribution in [0, 0.1) is 17.1 Å². The number of nitrogens with zero attached hydrogens (tertiary/aromatic N) is 5. The molecule has 13 heteroatoms. The average Bonchev–Trinajstić information content (AvgIpc) is 3.44. The number of hydrogen-bond donors (Lipinski definition) is 1. The molecule has 4 aromatic rings. The zero-order valence-corrected chi connectivity index (χ0v) is 23.2. The van der Waals surface area contributed by atoms with Crippen molar-refractivity contribution in [2.75, 3.05) is 4.90 Å². The highest BCUT2D eigenvalue weighted by Crippen LogP contribution is 2.44. The Kier molecular flexibility index (Phi) is 7.30. The Bertz CT molecular complexity index is 1740. The maximum atomic E-state index is 15.9. The number of alkyl halides is 4. The van der Waals surface area contributed by atoms with Crippen molar-refractivity contribution in [1.82, 2.24) is 15.2 Å². The van der Waals surface area contributed by atoms with Gasteiger partial charge >= 0.3 is 6.18 Å². The third-order valence-electron chi connectivity index (χ3n) is 7.27. The Hall–Kier alpha value is -4.70. The zero-order valence-electron chi connectivity index (χ0n) is 23.2. The molecule has 2 aromatic heterocycles. The molecule has 0 fully saturated rings. The van der Waals surface area contributed by atoms with Crippen molar-refractivity contribution in [3.8, 4) is 28.8 Å². The van der Waals surface area contributed by atoms with E-state index in [-0.39, 0.29) is 40.8 Å². The second-order valence-electron chi connectivity index (χ2n) is 11.1. The lowest BCUT2D eigenvalue weighted by atomic mass is 9.90. The molecule has 222 valence electrons. The molecule has 0 radical (unpaired) electrons. The van der Waals surface area contributed by atoms with Gasteiger partial charge in [-0.05, 0) is 50.6 Å².